The summed E-state index contributed by atoms with van der Waals surface area (Å²) in [6.07, 6.45) is -0.244. The van der Waals surface area contributed by atoms with Gasteiger partial charge in [-0.15, -0.1) is 0 Å². The summed E-state index contributed by atoms with van der Waals surface area (Å²) in [6.45, 7) is 5.74. The Morgan fingerprint density at radius 3 is 2.76 bits per heavy atom. The fourth-order valence-corrected chi connectivity index (χ4v) is 3.75. The molecule has 0 radical (unpaired) electrons. The van der Waals surface area contributed by atoms with Crippen LogP contribution in [-0.2, 0) is 25.7 Å². The molecule has 7 nitrogen and oxygen atoms in total. The molecular weight excluding hydrogens is 377 g/mol. The molecule has 2 saturated heterocycles. The Morgan fingerprint density at radius 1 is 1.31 bits per heavy atom. The van der Waals surface area contributed by atoms with Gasteiger partial charge in [0, 0.05) is 32.6 Å². The smallest absolute Gasteiger partial charge is 0.242 e. The molecule has 0 aromatic heterocycles. The Morgan fingerprint density at radius 2 is 2.10 bits per heavy atom. The van der Waals surface area contributed by atoms with Gasteiger partial charge in [0.05, 0.1) is 25.2 Å². The van der Waals surface area contributed by atoms with Gasteiger partial charge in [0.15, 0.2) is 0 Å². The Balaban J connectivity index is 1.72. The molecule has 158 valence electrons. The van der Waals surface area contributed by atoms with Crippen molar-refractivity contribution in [3.8, 4) is 0 Å². The minimum absolute atomic E-state index is 0.0178. The Labute approximate surface area is 170 Å². The van der Waals surface area contributed by atoms with Gasteiger partial charge in [0.25, 0.3) is 0 Å². The van der Waals surface area contributed by atoms with E-state index in [1.54, 1.807) is 17.0 Å². The van der Waals surface area contributed by atoms with Crippen LogP contribution in [0.25, 0.3) is 0 Å². The van der Waals surface area contributed by atoms with Crippen LogP contribution in [-0.4, -0.2) is 66.3 Å². The lowest BCUT2D eigenvalue weighted by Crippen LogP contribution is -2.43. The van der Waals surface area contributed by atoms with Crippen LogP contribution in [0.2, 0.25) is 0 Å². The van der Waals surface area contributed by atoms with Crippen molar-refractivity contribution < 1.29 is 23.5 Å². The standard InChI is InChI=1S/C21H28FN3O4/c1-14(2)9-24-10-18(29-13-15-4-3-5-17(22)6-15)11-25(12-20(24)27)21(28)16-7-19(26)23-8-16/h3-6,14,16,18H,7-13H2,1-2H3,(H,23,26). The first-order valence-corrected chi connectivity index (χ1v) is 10.0. The van der Waals surface area contributed by atoms with Crippen molar-refractivity contribution in [1.29, 1.82) is 0 Å². The third-order valence-corrected chi connectivity index (χ3v) is 5.13. The normalized spacial score (nSPS) is 22.8. The summed E-state index contributed by atoms with van der Waals surface area (Å²) < 4.78 is 19.4. The maximum absolute atomic E-state index is 13.4. The van der Waals surface area contributed by atoms with Crippen LogP contribution in [0.1, 0.15) is 25.8 Å². The highest BCUT2D eigenvalue weighted by Crippen LogP contribution is 2.18. The van der Waals surface area contributed by atoms with E-state index in [0.717, 1.165) is 0 Å². The first-order valence-electron chi connectivity index (χ1n) is 10.0. The monoisotopic (exact) mass is 405 g/mol. The number of benzene rings is 1. The van der Waals surface area contributed by atoms with Crippen molar-refractivity contribution in [3.05, 3.63) is 35.6 Å². The lowest BCUT2D eigenvalue weighted by Gasteiger charge is -2.26. The van der Waals surface area contributed by atoms with Crippen LogP contribution in [0.3, 0.4) is 0 Å². The maximum atomic E-state index is 13.4. The number of nitrogens with zero attached hydrogens (tertiary/aromatic N) is 2. The number of hydrogen-bond acceptors (Lipinski definition) is 4. The average Bonchev–Trinajstić information content (AvgIpc) is 3.03. The number of carbonyl (C=O) groups is 3. The molecule has 2 heterocycles. The first kappa shape index (κ1) is 21.2. The number of ether oxygens (including phenoxy) is 1. The highest BCUT2D eigenvalue weighted by atomic mass is 19.1. The van der Waals surface area contributed by atoms with Crippen molar-refractivity contribution in [2.45, 2.75) is 33.0 Å². The lowest BCUT2D eigenvalue weighted by molar-refractivity contribution is -0.141. The summed E-state index contributed by atoms with van der Waals surface area (Å²) >= 11 is 0. The van der Waals surface area contributed by atoms with Gasteiger partial charge in [-0.25, -0.2) is 4.39 Å². The summed E-state index contributed by atoms with van der Waals surface area (Å²) in [5, 5.41) is 2.67. The third kappa shape index (κ3) is 5.76. The van der Waals surface area contributed by atoms with Crippen molar-refractivity contribution in [2.24, 2.45) is 11.8 Å². The third-order valence-electron chi connectivity index (χ3n) is 5.13. The van der Waals surface area contributed by atoms with Gasteiger partial charge in [-0.05, 0) is 23.6 Å². The quantitative estimate of drug-likeness (QED) is 0.771. The maximum Gasteiger partial charge on any atom is 0.242 e. The Bertz CT molecular complexity index is 770. The molecule has 0 spiro atoms. The molecule has 2 aliphatic rings. The van der Waals surface area contributed by atoms with Gasteiger partial charge in [0.2, 0.25) is 17.7 Å². The van der Waals surface area contributed by atoms with Crippen LogP contribution in [0.4, 0.5) is 4.39 Å². The van der Waals surface area contributed by atoms with E-state index in [4.69, 9.17) is 4.74 Å². The molecule has 1 aromatic rings. The summed E-state index contributed by atoms with van der Waals surface area (Å²) in [5.41, 5.74) is 0.694. The van der Waals surface area contributed by atoms with Gasteiger partial charge in [0.1, 0.15) is 5.82 Å². The average molecular weight is 405 g/mol. The van der Waals surface area contributed by atoms with Gasteiger partial charge < -0.3 is 19.9 Å². The predicted octanol–water partition coefficient (Wildman–Crippen LogP) is 1.17. The highest BCUT2D eigenvalue weighted by molar-refractivity contribution is 5.91. The minimum Gasteiger partial charge on any atom is -0.370 e. The first-order chi connectivity index (χ1) is 13.8. The van der Waals surface area contributed by atoms with Crippen molar-refractivity contribution in [3.63, 3.8) is 0 Å². The second-order valence-corrected chi connectivity index (χ2v) is 8.18. The molecule has 0 aliphatic carbocycles. The van der Waals surface area contributed by atoms with Crippen LogP contribution < -0.4 is 5.32 Å². The number of carbonyl (C=O) groups excluding carboxylic acids is 3. The zero-order valence-corrected chi connectivity index (χ0v) is 16.9. The van der Waals surface area contributed by atoms with E-state index >= 15 is 0 Å². The van der Waals surface area contributed by atoms with E-state index in [1.807, 2.05) is 13.8 Å². The molecule has 1 aromatic carbocycles. The molecule has 1 N–H and O–H groups in total. The van der Waals surface area contributed by atoms with Gasteiger partial charge in [-0.1, -0.05) is 26.0 Å². The van der Waals surface area contributed by atoms with Gasteiger partial charge >= 0.3 is 0 Å². The number of amides is 3. The number of rotatable bonds is 6. The molecule has 29 heavy (non-hydrogen) atoms. The summed E-state index contributed by atoms with van der Waals surface area (Å²) in [7, 11) is 0. The molecule has 3 amide bonds. The lowest BCUT2D eigenvalue weighted by atomic mass is 10.1. The zero-order valence-electron chi connectivity index (χ0n) is 16.9. The molecule has 2 aliphatic heterocycles. The van der Waals surface area contributed by atoms with E-state index in [2.05, 4.69) is 5.32 Å². The van der Waals surface area contributed by atoms with E-state index in [0.29, 0.717) is 25.2 Å². The molecule has 2 atom stereocenters. The fraction of sp³-hybridized carbons (Fsp3) is 0.571. The number of nitrogens with one attached hydrogen (secondary N) is 1. The molecule has 0 bridgehead atoms. The van der Waals surface area contributed by atoms with E-state index in [-0.39, 0.29) is 55.6 Å². The van der Waals surface area contributed by atoms with E-state index in [9.17, 15) is 18.8 Å². The predicted molar refractivity (Wildman–Crippen MR) is 104 cm³/mol. The molecule has 8 heteroatoms. The van der Waals surface area contributed by atoms with Gasteiger partial charge in [-0.3, -0.25) is 14.4 Å². The number of halogens is 1. The zero-order chi connectivity index (χ0) is 21.0. The van der Waals surface area contributed by atoms with Gasteiger partial charge in [-0.2, -0.15) is 0 Å². The second kappa shape index (κ2) is 9.35. The van der Waals surface area contributed by atoms with E-state index < -0.39 is 12.0 Å². The van der Waals surface area contributed by atoms with Crippen molar-refractivity contribution >= 4 is 17.7 Å². The van der Waals surface area contributed by atoms with E-state index in [1.165, 1.54) is 17.0 Å². The number of hydrogen-bond donors (Lipinski definition) is 1. The van der Waals surface area contributed by atoms with Crippen LogP contribution >= 0.6 is 0 Å². The summed E-state index contributed by atoms with van der Waals surface area (Å²) in [4.78, 5) is 40.4. The van der Waals surface area contributed by atoms with Crippen molar-refractivity contribution in [2.75, 3.05) is 32.7 Å². The van der Waals surface area contributed by atoms with Crippen LogP contribution in [0, 0.1) is 17.7 Å². The molecule has 3 rings (SSSR count). The van der Waals surface area contributed by atoms with Crippen LogP contribution in [0.15, 0.2) is 24.3 Å². The molecule has 2 fully saturated rings. The van der Waals surface area contributed by atoms with Crippen LogP contribution in [0.5, 0.6) is 0 Å². The largest absolute Gasteiger partial charge is 0.370 e. The Hall–Kier alpha value is -2.48. The summed E-state index contributed by atoms with van der Waals surface area (Å²) in [5.74, 6) is -0.982. The topological polar surface area (TPSA) is 79.0 Å². The molecule has 2 unspecified atom stereocenters. The highest BCUT2D eigenvalue weighted by Gasteiger charge is 2.36. The SMILES string of the molecule is CC(C)CN1CC(OCc2cccc(F)c2)CN(C(=O)C2CNC(=O)C2)CC1=O. The van der Waals surface area contributed by atoms with Crippen molar-refractivity contribution in [1.82, 2.24) is 15.1 Å². The fourth-order valence-electron chi connectivity index (χ4n) is 3.75. The Kier molecular flexibility index (Phi) is 6.84. The minimum atomic E-state index is -0.448. The second-order valence-electron chi connectivity index (χ2n) is 8.18. The molecular formula is C21H28FN3O4. The molecule has 0 saturated carbocycles. The summed E-state index contributed by atoms with van der Waals surface area (Å²) in [6, 6.07) is 6.17.